The summed E-state index contributed by atoms with van der Waals surface area (Å²) in [6.07, 6.45) is 3.28. The summed E-state index contributed by atoms with van der Waals surface area (Å²) in [5.41, 5.74) is 2.76. The minimum absolute atomic E-state index is 0.350. The molecule has 0 aliphatic heterocycles. The fraction of sp³-hybridized carbons (Fsp3) is 0.231. The second kappa shape index (κ2) is 4.49. The van der Waals surface area contributed by atoms with Gasteiger partial charge in [0.25, 0.3) is 0 Å². The lowest BCUT2D eigenvalue weighted by Crippen LogP contribution is -1.92. The number of aryl methyl sites for hydroxylation is 2. The second-order valence-corrected chi connectivity index (χ2v) is 3.87. The lowest BCUT2D eigenvalue weighted by atomic mass is 10.00. The zero-order chi connectivity index (χ0) is 12.4. The molecule has 88 valence electrons. The van der Waals surface area contributed by atoms with Crippen molar-refractivity contribution in [3.63, 3.8) is 0 Å². The van der Waals surface area contributed by atoms with Gasteiger partial charge in [0.05, 0.1) is 5.69 Å². The van der Waals surface area contributed by atoms with E-state index in [-0.39, 0.29) is 5.82 Å². The van der Waals surface area contributed by atoms with Crippen LogP contribution in [0.2, 0.25) is 0 Å². The molecule has 1 heterocycles. The summed E-state index contributed by atoms with van der Waals surface area (Å²) < 4.78 is 14.9. The van der Waals surface area contributed by atoms with Gasteiger partial charge in [0.15, 0.2) is 6.29 Å². The van der Waals surface area contributed by atoms with Crippen LogP contribution in [0.3, 0.4) is 0 Å². The third-order valence-corrected chi connectivity index (χ3v) is 2.67. The maximum Gasteiger partial charge on any atom is 0.150 e. The molecule has 0 atom stereocenters. The van der Waals surface area contributed by atoms with Crippen LogP contribution >= 0.6 is 0 Å². The average molecular weight is 232 g/mol. The molecule has 0 N–H and O–H groups in total. The van der Waals surface area contributed by atoms with Gasteiger partial charge in [-0.25, -0.2) is 4.39 Å². The Kier molecular flexibility index (Phi) is 3.04. The van der Waals surface area contributed by atoms with Gasteiger partial charge in [0.1, 0.15) is 5.82 Å². The molecule has 0 aliphatic carbocycles. The third-order valence-electron chi connectivity index (χ3n) is 2.67. The highest BCUT2D eigenvalue weighted by Crippen LogP contribution is 2.26. The number of nitrogens with zero attached hydrogens (tertiary/aromatic N) is 2. The molecule has 0 bridgehead atoms. The smallest absolute Gasteiger partial charge is 0.150 e. The van der Waals surface area contributed by atoms with Gasteiger partial charge >= 0.3 is 0 Å². The predicted molar refractivity (Wildman–Crippen MR) is 63.4 cm³/mol. The minimum Gasteiger partial charge on any atom is -0.298 e. The highest BCUT2D eigenvalue weighted by atomic mass is 19.1. The molecule has 0 unspecified atom stereocenters. The number of benzene rings is 1. The van der Waals surface area contributed by atoms with Crippen molar-refractivity contribution in [3.8, 4) is 11.1 Å². The van der Waals surface area contributed by atoms with Crippen molar-refractivity contribution in [1.29, 1.82) is 0 Å². The number of carbonyl (C=O) groups excluding carboxylic acids is 1. The maximum absolute atomic E-state index is 13.3. The number of halogens is 1. The summed E-state index contributed by atoms with van der Waals surface area (Å²) in [5.74, 6) is -0.350. The van der Waals surface area contributed by atoms with E-state index >= 15 is 0 Å². The van der Waals surface area contributed by atoms with E-state index in [2.05, 4.69) is 5.10 Å². The molecular weight excluding hydrogens is 219 g/mol. The summed E-state index contributed by atoms with van der Waals surface area (Å²) >= 11 is 0. The van der Waals surface area contributed by atoms with Crippen LogP contribution in [0.15, 0.2) is 24.4 Å². The third kappa shape index (κ3) is 2.11. The van der Waals surface area contributed by atoms with Crippen molar-refractivity contribution in [1.82, 2.24) is 9.78 Å². The fourth-order valence-corrected chi connectivity index (χ4v) is 1.89. The van der Waals surface area contributed by atoms with E-state index in [4.69, 9.17) is 0 Å². The highest BCUT2D eigenvalue weighted by molar-refractivity contribution is 5.88. The van der Waals surface area contributed by atoms with E-state index in [0.717, 1.165) is 24.0 Å². The SMILES string of the molecule is CCc1nn(C)cc1-c1cc(F)ccc1C=O. The molecule has 0 radical (unpaired) electrons. The molecule has 1 aromatic heterocycles. The van der Waals surface area contributed by atoms with Crippen LogP contribution < -0.4 is 0 Å². The van der Waals surface area contributed by atoms with Gasteiger partial charge in [0, 0.05) is 24.4 Å². The molecule has 0 amide bonds. The van der Waals surface area contributed by atoms with Gasteiger partial charge < -0.3 is 0 Å². The topological polar surface area (TPSA) is 34.9 Å². The van der Waals surface area contributed by atoms with Gasteiger partial charge in [0.2, 0.25) is 0 Å². The van der Waals surface area contributed by atoms with Crippen molar-refractivity contribution in [2.45, 2.75) is 13.3 Å². The Morgan fingerprint density at radius 2 is 2.18 bits per heavy atom. The molecular formula is C13H13FN2O. The van der Waals surface area contributed by atoms with Crippen LogP contribution in [-0.4, -0.2) is 16.1 Å². The molecule has 2 aromatic rings. The number of hydrogen-bond donors (Lipinski definition) is 0. The summed E-state index contributed by atoms with van der Waals surface area (Å²) in [6.45, 7) is 1.98. The Morgan fingerprint density at radius 1 is 1.41 bits per heavy atom. The zero-order valence-corrected chi connectivity index (χ0v) is 9.77. The lowest BCUT2D eigenvalue weighted by molar-refractivity contribution is 0.112. The van der Waals surface area contributed by atoms with Gasteiger partial charge in [-0.2, -0.15) is 5.10 Å². The van der Waals surface area contributed by atoms with E-state index in [9.17, 15) is 9.18 Å². The average Bonchev–Trinajstić information content (AvgIpc) is 2.70. The maximum atomic E-state index is 13.3. The van der Waals surface area contributed by atoms with Crippen molar-refractivity contribution in [2.75, 3.05) is 0 Å². The van der Waals surface area contributed by atoms with Crippen molar-refractivity contribution < 1.29 is 9.18 Å². The Bertz CT molecular complexity index is 561. The minimum atomic E-state index is -0.350. The molecule has 0 spiro atoms. The predicted octanol–water partition coefficient (Wildman–Crippen LogP) is 2.60. The monoisotopic (exact) mass is 232 g/mol. The van der Waals surface area contributed by atoms with Gasteiger partial charge in [-0.15, -0.1) is 0 Å². The molecule has 0 saturated carbocycles. The van der Waals surface area contributed by atoms with Crippen LogP contribution in [0.25, 0.3) is 11.1 Å². The number of hydrogen-bond acceptors (Lipinski definition) is 2. The summed E-state index contributed by atoms with van der Waals surface area (Å²) in [6, 6.07) is 4.15. The highest BCUT2D eigenvalue weighted by Gasteiger charge is 2.12. The van der Waals surface area contributed by atoms with E-state index in [1.54, 1.807) is 10.9 Å². The van der Waals surface area contributed by atoms with E-state index < -0.39 is 0 Å². The Balaban J connectivity index is 2.65. The number of aldehydes is 1. The first-order valence-corrected chi connectivity index (χ1v) is 5.43. The number of rotatable bonds is 3. The quantitative estimate of drug-likeness (QED) is 0.762. The molecule has 3 nitrogen and oxygen atoms in total. The molecule has 17 heavy (non-hydrogen) atoms. The second-order valence-electron chi connectivity index (χ2n) is 3.87. The Hall–Kier alpha value is -1.97. The van der Waals surface area contributed by atoms with Crippen molar-refractivity contribution in [3.05, 3.63) is 41.5 Å². The largest absolute Gasteiger partial charge is 0.298 e. The molecule has 0 aliphatic rings. The Morgan fingerprint density at radius 3 is 2.82 bits per heavy atom. The molecule has 0 fully saturated rings. The number of carbonyl (C=O) groups is 1. The first kappa shape index (κ1) is 11.5. The molecule has 4 heteroatoms. The molecule has 0 saturated heterocycles. The molecule has 2 rings (SSSR count). The first-order valence-electron chi connectivity index (χ1n) is 5.43. The summed E-state index contributed by atoms with van der Waals surface area (Å²) in [5, 5.41) is 4.29. The van der Waals surface area contributed by atoms with Crippen LogP contribution in [0, 0.1) is 5.82 Å². The van der Waals surface area contributed by atoms with Gasteiger partial charge in [-0.05, 0) is 30.2 Å². The van der Waals surface area contributed by atoms with Crippen LogP contribution in [-0.2, 0) is 13.5 Å². The Labute approximate surface area is 98.9 Å². The van der Waals surface area contributed by atoms with Crippen LogP contribution in [0.1, 0.15) is 23.0 Å². The molecule has 1 aromatic carbocycles. The van der Waals surface area contributed by atoms with E-state index in [0.29, 0.717) is 11.1 Å². The first-order chi connectivity index (χ1) is 8.15. The normalized spacial score (nSPS) is 10.5. The van der Waals surface area contributed by atoms with Crippen LogP contribution in [0.4, 0.5) is 4.39 Å². The van der Waals surface area contributed by atoms with Crippen LogP contribution in [0.5, 0.6) is 0 Å². The standard InChI is InChI=1S/C13H13FN2O/c1-3-13-12(7-16(2)15-13)11-6-10(14)5-4-9(11)8-17/h4-8H,3H2,1-2H3. The zero-order valence-electron chi connectivity index (χ0n) is 9.77. The van der Waals surface area contributed by atoms with E-state index in [1.807, 2.05) is 14.0 Å². The van der Waals surface area contributed by atoms with Crippen molar-refractivity contribution in [2.24, 2.45) is 7.05 Å². The number of aromatic nitrogens is 2. The van der Waals surface area contributed by atoms with E-state index in [1.165, 1.54) is 18.2 Å². The fourth-order valence-electron chi connectivity index (χ4n) is 1.89. The summed E-state index contributed by atoms with van der Waals surface area (Å²) in [7, 11) is 1.81. The van der Waals surface area contributed by atoms with Gasteiger partial charge in [-0.1, -0.05) is 6.92 Å². The summed E-state index contributed by atoms with van der Waals surface area (Å²) in [4.78, 5) is 11.0. The lowest BCUT2D eigenvalue weighted by Gasteiger charge is -2.04. The van der Waals surface area contributed by atoms with Gasteiger partial charge in [-0.3, -0.25) is 9.48 Å². The van der Waals surface area contributed by atoms with Crippen molar-refractivity contribution >= 4 is 6.29 Å².